The Morgan fingerprint density at radius 2 is 2.15 bits per heavy atom. The van der Waals surface area contributed by atoms with Crippen LogP contribution in [-0.2, 0) is 11.8 Å². The van der Waals surface area contributed by atoms with Crippen molar-refractivity contribution in [3.8, 4) is 0 Å². The van der Waals surface area contributed by atoms with E-state index in [0.717, 1.165) is 47.0 Å². The molecule has 0 atom stereocenters. The molecule has 5 heteroatoms. The number of benzene rings is 1. The monoisotopic (exact) mass is 336 g/mol. The maximum Gasteiger partial charge on any atom is 0.253 e. The van der Waals surface area contributed by atoms with Gasteiger partial charge in [0.05, 0.1) is 5.56 Å². The normalized spacial score (nSPS) is 16.5. The van der Waals surface area contributed by atoms with Crippen molar-refractivity contribution in [3.05, 3.63) is 34.4 Å². The third kappa shape index (κ3) is 2.60. The van der Waals surface area contributed by atoms with E-state index >= 15 is 0 Å². The predicted molar refractivity (Wildman–Crippen MR) is 81.9 cm³/mol. The van der Waals surface area contributed by atoms with Crippen LogP contribution in [0.15, 0.2) is 28.9 Å². The summed E-state index contributed by atoms with van der Waals surface area (Å²) in [6.07, 6.45) is 3.67. The number of hydrogen-bond donors (Lipinski definition) is 1. The fourth-order valence-electron chi connectivity index (χ4n) is 2.65. The van der Waals surface area contributed by atoms with Crippen LogP contribution in [-0.4, -0.2) is 29.7 Å². The lowest BCUT2D eigenvalue weighted by Crippen LogP contribution is -2.38. The molecule has 3 rings (SSSR count). The standard InChI is InChI=1S/C15H17BrN2O2/c1-18-9-13(12-8-10(16)2-3-14(12)18)15(19)17-11-4-6-20-7-5-11/h2-3,8-9,11H,4-7H2,1H3,(H,17,19). The van der Waals surface area contributed by atoms with Gasteiger partial charge in [-0.2, -0.15) is 0 Å². The molecule has 20 heavy (non-hydrogen) atoms. The van der Waals surface area contributed by atoms with Crippen molar-refractivity contribution < 1.29 is 9.53 Å². The Morgan fingerprint density at radius 1 is 1.40 bits per heavy atom. The molecule has 0 unspecified atom stereocenters. The van der Waals surface area contributed by atoms with Crippen LogP contribution >= 0.6 is 15.9 Å². The fourth-order valence-corrected chi connectivity index (χ4v) is 3.01. The third-order valence-corrected chi connectivity index (χ3v) is 4.25. The average molecular weight is 337 g/mol. The van der Waals surface area contributed by atoms with Gasteiger partial charge in [0.25, 0.3) is 5.91 Å². The zero-order valence-corrected chi connectivity index (χ0v) is 12.9. The summed E-state index contributed by atoms with van der Waals surface area (Å²) in [5, 5.41) is 4.09. The molecule has 1 aromatic carbocycles. The molecular weight excluding hydrogens is 320 g/mol. The summed E-state index contributed by atoms with van der Waals surface area (Å²) >= 11 is 3.47. The van der Waals surface area contributed by atoms with E-state index in [2.05, 4.69) is 21.2 Å². The first kappa shape index (κ1) is 13.6. The highest BCUT2D eigenvalue weighted by molar-refractivity contribution is 9.10. The van der Waals surface area contributed by atoms with Gasteiger partial charge < -0.3 is 14.6 Å². The fraction of sp³-hybridized carbons (Fsp3) is 0.400. The molecule has 2 aromatic rings. The molecule has 1 aromatic heterocycles. The van der Waals surface area contributed by atoms with Gasteiger partial charge in [-0.25, -0.2) is 0 Å². The molecule has 1 amide bonds. The second-order valence-corrected chi connectivity index (χ2v) is 6.09. The second-order valence-electron chi connectivity index (χ2n) is 5.18. The Hall–Kier alpha value is -1.33. The number of hydrogen-bond acceptors (Lipinski definition) is 2. The van der Waals surface area contributed by atoms with E-state index in [1.165, 1.54) is 0 Å². The number of carbonyl (C=O) groups excluding carboxylic acids is 1. The largest absolute Gasteiger partial charge is 0.381 e. The smallest absolute Gasteiger partial charge is 0.253 e. The molecule has 0 radical (unpaired) electrons. The Kier molecular flexibility index (Phi) is 3.81. The Bertz CT molecular complexity index is 645. The van der Waals surface area contributed by atoms with Crippen molar-refractivity contribution >= 4 is 32.7 Å². The quantitative estimate of drug-likeness (QED) is 0.916. The lowest BCUT2D eigenvalue weighted by Gasteiger charge is -2.22. The topological polar surface area (TPSA) is 43.3 Å². The van der Waals surface area contributed by atoms with E-state index in [1.54, 1.807) is 0 Å². The zero-order valence-electron chi connectivity index (χ0n) is 11.4. The van der Waals surface area contributed by atoms with Gasteiger partial charge >= 0.3 is 0 Å². The van der Waals surface area contributed by atoms with E-state index < -0.39 is 0 Å². The van der Waals surface area contributed by atoms with Gasteiger partial charge in [0.1, 0.15) is 0 Å². The number of nitrogens with zero attached hydrogens (tertiary/aromatic N) is 1. The highest BCUT2D eigenvalue weighted by atomic mass is 79.9. The number of aryl methyl sites for hydroxylation is 1. The van der Waals surface area contributed by atoms with Crippen LogP contribution in [0.4, 0.5) is 0 Å². The van der Waals surface area contributed by atoms with E-state index in [-0.39, 0.29) is 11.9 Å². The first-order valence-corrected chi connectivity index (χ1v) is 7.57. The maximum absolute atomic E-state index is 12.5. The molecule has 1 N–H and O–H groups in total. The molecule has 1 fully saturated rings. The number of aromatic nitrogens is 1. The second kappa shape index (κ2) is 5.58. The van der Waals surface area contributed by atoms with Crippen LogP contribution in [0.25, 0.3) is 10.9 Å². The number of amides is 1. The third-order valence-electron chi connectivity index (χ3n) is 3.75. The number of fused-ring (bicyclic) bond motifs is 1. The summed E-state index contributed by atoms with van der Waals surface area (Å²) in [7, 11) is 1.96. The lowest BCUT2D eigenvalue weighted by atomic mass is 10.1. The van der Waals surface area contributed by atoms with Gasteiger partial charge in [-0.3, -0.25) is 4.79 Å². The number of rotatable bonds is 2. The first-order valence-electron chi connectivity index (χ1n) is 6.78. The van der Waals surface area contributed by atoms with E-state index in [4.69, 9.17) is 4.74 Å². The van der Waals surface area contributed by atoms with Crippen molar-refractivity contribution in [1.29, 1.82) is 0 Å². The molecule has 1 aliphatic heterocycles. The summed E-state index contributed by atoms with van der Waals surface area (Å²) in [5.74, 6) is 0.000556. The molecule has 106 valence electrons. The Balaban J connectivity index is 1.89. The van der Waals surface area contributed by atoms with Gasteiger partial charge in [-0.05, 0) is 31.0 Å². The molecule has 4 nitrogen and oxygen atoms in total. The van der Waals surface area contributed by atoms with Crippen molar-refractivity contribution in [2.75, 3.05) is 13.2 Å². The van der Waals surface area contributed by atoms with Crippen molar-refractivity contribution in [1.82, 2.24) is 9.88 Å². The van der Waals surface area contributed by atoms with Gasteiger partial charge in [0, 0.05) is 47.9 Å². The van der Waals surface area contributed by atoms with E-state index in [0.29, 0.717) is 0 Å². The summed E-state index contributed by atoms with van der Waals surface area (Å²) in [6.45, 7) is 1.46. The molecule has 1 aliphatic rings. The van der Waals surface area contributed by atoms with Crippen LogP contribution in [0.3, 0.4) is 0 Å². The Morgan fingerprint density at radius 3 is 2.90 bits per heavy atom. The van der Waals surface area contributed by atoms with Gasteiger partial charge in [-0.15, -0.1) is 0 Å². The first-order chi connectivity index (χ1) is 9.65. The van der Waals surface area contributed by atoms with Crippen molar-refractivity contribution in [2.24, 2.45) is 7.05 Å². The lowest BCUT2D eigenvalue weighted by molar-refractivity contribution is 0.0697. The zero-order chi connectivity index (χ0) is 14.1. The number of carbonyl (C=O) groups is 1. The molecular formula is C15H17BrN2O2. The van der Waals surface area contributed by atoms with Crippen LogP contribution in [0.1, 0.15) is 23.2 Å². The van der Waals surface area contributed by atoms with Gasteiger partial charge in [0.2, 0.25) is 0 Å². The molecule has 1 saturated heterocycles. The Labute approximate surface area is 126 Å². The van der Waals surface area contributed by atoms with E-state index in [1.807, 2.05) is 36.0 Å². The molecule has 0 saturated carbocycles. The molecule has 0 bridgehead atoms. The highest BCUT2D eigenvalue weighted by Gasteiger charge is 2.19. The molecule has 0 spiro atoms. The minimum atomic E-state index is 0.000556. The minimum Gasteiger partial charge on any atom is -0.381 e. The van der Waals surface area contributed by atoms with Crippen LogP contribution in [0.2, 0.25) is 0 Å². The number of halogens is 1. The van der Waals surface area contributed by atoms with Crippen molar-refractivity contribution in [2.45, 2.75) is 18.9 Å². The number of ether oxygens (including phenoxy) is 1. The molecule has 0 aliphatic carbocycles. The van der Waals surface area contributed by atoms with E-state index in [9.17, 15) is 4.79 Å². The van der Waals surface area contributed by atoms with Crippen LogP contribution < -0.4 is 5.32 Å². The average Bonchev–Trinajstić information content (AvgIpc) is 2.77. The summed E-state index contributed by atoms with van der Waals surface area (Å²) in [6, 6.07) is 6.22. The van der Waals surface area contributed by atoms with Crippen LogP contribution in [0.5, 0.6) is 0 Å². The number of nitrogens with one attached hydrogen (secondary N) is 1. The maximum atomic E-state index is 12.5. The van der Waals surface area contributed by atoms with Crippen LogP contribution in [0, 0.1) is 0 Å². The summed E-state index contributed by atoms with van der Waals surface area (Å²) in [5.41, 5.74) is 1.79. The van der Waals surface area contributed by atoms with Crippen molar-refractivity contribution in [3.63, 3.8) is 0 Å². The minimum absolute atomic E-state index is 0.000556. The van der Waals surface area contributed by atoms with Gasteiger partial charge in [0.15, 0.2) is 0 Å². The van der Waals surface area contributed by atoms with Gasteiger partial charge in [-0.1, -0.05) is 15.9 Å². The predicted octanol–water partition coefficient (Wildman–Crippen LogP) is 2.85. The summed E-state index contributed by atoms with van der Waals surface area (Å²) < 4.78 is 8.28. The highest BCUT2D eigenvalue weighted by Crippen LogP contribution is 2.24. The SMILES string of the molecule is Cn1cc(C(=O)NC2CCOCC2)c2cc(Br)ccc21. The summed E-state index contributed by atoms with van der Waals surface area (Å²) in [4.78, 5) is 12.5. The molecule has 2 heterocycles.